The normalized spacial score (nSPS) is 24.2. The van der Waals surface area contributed by atoms with Crippen molar-refractivity contribution in [3.63, 3.8) is 0 Å². The van der Waals surface area contributed by atoms with E-state index in [4.69, 9.17) is 0 Å². The Labute approximate surface area is 119 Å². The number of benzene rings is 2. The minimum atomic E-state index is 0.615. The van der Waals surface area contributed by atoms with Gasteiger partial charge in [0.05, 0.1) is 0 Å². The third-order valence-corrected chi connectivity index (χ3v) is 5.12. The van der Waals surface area contributed by atoms with Crippen molar-refractivity contribution in [3.05, 3.63) is 83.0 Å². The molecule has 2 aromatic rings. The van der Waals surface area contributed by atoms with Gasteiger partial charge in [-0.15, -0.1) is 0 Å². The van der Waals surface area contributed by atoms with Gasteiger partial charge < -0.3 is 0 Å². The van der Waals surface area contributed by atoms with Crippen LogP contribution < -0.4 is 0 Å². The van der Waals surface area contributed by atoms with Gasteiger partial charge in [-0.1, -0.05) is 60.7 Å². The lowest BCUT2D eigenvalue weighted by Gasteiger charge is -2.16. The summed E-state index contributed by atoms with van der Waals surface area (Å²) in [4.78, 5) is 0. The number of fused-ring (bicyclic) bond motifs is 6. The molecule has 0 heteroatoms. The quantitative estimate of drug-likeness (QED) is 0.549. The molecule has 0 fully saturated rings. The molecule has 0 aromatic heterocycles. The smallest absolute Gasteiger partial charge is 0.00900 e. The van der Waals surface area contributed by atoms with Crippen LogP contribution in [0.3, 0.4) is 0 Å². The molecule has 2 unspecified atom stereocenters. The molecule has 0 amide bonds. The topological polar surface area (TPSA) is 0 Å². The van der Waals surface area contributed by atoms with Gasteiger partial charge in [-0.2, -0.15) is 0 Å². The van der Waals surface area contributed by atoms with Crippen LogP contribution in [0.5, 0.6) is 0 Å². The second kappa shape index (κ2) is 3.73. The molecule has 0 N–H and O–H groups in total. The summed E-state index contributed by atoms with van der Waals surface area (Å²) in [6.45, 7) is 0. The predicted octanol–water partition coefficient (Wildman–Crippen LogP) is 4.64. The first-order valence-corrected chi connectivity index (χ1v) is 7.49. The lowest BCUT2D eigenvalue weighted by atomic mass is 9.88. The van der Waals surface area contributed by atoms with Gasteiger partial charge >= 0.3 is 0 Å². The minimum absolute atomic E-state index is 0.615. The summed E-state index contributed by atoms with van der Waals surface area (Å²) in [5, 5.41) is 0. The zero-order chi connectivity index (χ0) is 13.1. The Morgan fingerprint density at radius 3 is 2.70 bits per heavy atom. The molecular weight excluding hydrogens is 240 g/mol. The maximum absolute atomic E-state index is 2.48. The SMILES string of the molecule is C1=CC2Cc3cc4c(cc3C2C=C1)Cc1ccccc1-4. The molecule has 3 aliphatic rings. The molecular formula is C20H16. The standard InChI is InChI=1S/C20H16/c1-3-7-17-13(5-1)9-15-11-20-16(12-19(15)17)10-14-6-2-4-8-18(14)20/h1-8,11-13,17H,9-10H2. The van der Waals surface area contributed by atoms with Crippen LogP contribution in [0.2, 0.25) is 0 Å². The van der Waals surface area contributed by atoms with Crippen molar-refractivity contribution in [3.8, 4) is 11.1 Å². The van der Waals surface area contributed by atoms with Gasteiger partial charge in [0.15, 0.2) is 0 Å². The molecule has 96 valence electrons. The third kappa shape index (κ3) is 1.31. The molecule has 5 rings (SSSR count). The van der Waals surface area contributed by atoms with Gasteiger partial charge in [0.1, 0.15) is 0 Å². The Morgan fingerprint density at radius 1 is 0.800 bits per heavy atom. The second-order valence-electron chi connectivity index (χ2n) is 6.21. The number of rotatable bonds is 0. The summed E-state index contributed by atoms with van der Waals surface area (Å²) < 4.78 is 0. The third-order valence-electron chi connectivity index (χ3n) is 5.12. The molecule has 3 aliphatic carbocycles. The molecule has 2 aromatic carbocycles. The van der Waals surface area contributed by atoms with Crippen LogP contribution in [-0.4, -0.2) is 0 Å². The zero-order valence-electron chi connectivity index (χ0n) is 11.3. The Balaban J connectivity index is 1.70. The highest BCUT2D eigenvalue weighted by Crippen LogP contribution is 2.46. The fourth-order valence-corrected chi connectivity index (χ4v) is 4.17. The largest absolute Gasteiger partial charge is 0.0802 e. The predicted molar refractivity (Wildman–Crippen MR) is 82.9 cm³/mol. The lowest BCUT2D eigenvalue weighted by Crippen LogP contribution is -2.04. The summed E-state index contributed by atoms with van der Waals surface area (Å²) in [5.74, 6) is 1.30. The van der Waals surface area contributed by atoms with E-state index in [1.54, 1.807) is 11.1 Å². The van der Waals surface area contributed by atoms with E-state index in [0.29, 0.717) is 11.8 Å². The van der Waals surface area contributed by atoms with E-state index in [-0.39, 0.29) is 0 Å². The van der Waals surface area contributed by atoms with Crippen molar-refractivity contribution in [1.29, 1.82) is 0 Å². The summed E-state index contributed by atoms with van der Waals surface area (Å²) in [6.07, 6.45) is 11.5. The van der Waals surface area contributed by atoms with Crippen LogP contribution >= 0.6 is 0 Å². The zero-order valence-corrected chi connectivity index (χ0v) is 11.3. The Bertz CT molecular complexity index is 777. The molecule has 0 saturated carbocycles. The van der Waals surface area contributed by atoms with Gasteiger partial charge in [-0.3, -0.25) is 0 Å². The van der Waals surface area contributed by atoms with Crippen LogP contribution in [0.1, 0.15) is 28.2 Å². The summed E-state index contributed by atoms with van der Waals surface area (Å²) in [6, 6.07) is 13.8. The second-order valence-corrected chi connectivity index (χ2v) is 6.21. The van der Waals surface area contributed by atoms with Gasteiger partial charge in [0.2, 0.25) is 0 Å². The van der Waals surface area contributed by atoms with Crippen molar-refractivity contribution in [1.82, 2.24) is 0 Å². The van der Waals surface area contributed by atoms with Gasteiger partial charge in [0, 0.05) is 5.92 Å². The maximum Gasteiger partial charge on any atom is 0.00900 e. The van der Waals surface area contributed by atoms with Crippen molar-refractivity contribution in [2.24, 2.45) is 5.92 Å². The van der Waals surface area contributed by atoms with E-state index in [0.717, 1.165) is 6.42 Å². The number of hydrogen-bond donors (Lipinski definition) is 0. The summed E-state index contributed by atoms with van der Waals surface area (Å²) in [5.41, 5.74) is 9.07. The number of hydrogen-bond acceptors (Lipinski definition) is 0. The van der Waals surface area contributed by atoms with Crippen molar-refractivity contribution in [2.75, 3.05) is 0 Å². The van der Waals surface area contributed by atoms with Crippen LogP contribution in [0.15, 0.2) is 60.7 Å². The Hall–Kier alpha value is -2.08. The first-order chi connectivity index (χ1) is 9.90. The van der Waals surface area contributed by atoms with E-state index >= 15 is 0 Å². The van der Waals surface area contributed by atoms with Gasteiger partial charge in [-0.05, 0) is 52.1 Å². The van der Waals surface area contributed by atoms with E-state index in [9.17, 15) is 0 Å². The highest BCUT2D eigenvalue weighted by molar-refractivity contribution is 5.78. The van der Waals surface area contributed by atoms with Crippen LogP contribution in [0, 0.1) is 5.92 Å². The van der Waals surface area contributed by atoms with Gasteiger partial charge in [0.25, 0.3) is 0 Å². The first kappa shape index (κ1) is 10.7. The molecule has 0 bridgehead atoms. The summed E-state index contributed by atoms with van der Waals surface area (Å²) >= 11 is 0. The van der Waals surface area contributed by atoms with Crippen molar-refractivity contribution >= 4 is 0 Å². The fourth-order valence-electron chi connectivity index (χ4n) is 4.17. The Morgan fingerprint density at radius 2 is 1.70 bits per heavy atom. The molecule has 0 nitrogen and oxygen atoms in total. The highest BCUT2D eigenvalue weighted by Gasteiger charge is 2.32. The van der Waals surface area contributed by atoms with Crippen LogP contribution in [0.4, 0.5) is 0 Å². The first-order valence-electron chi connectivity index (χ1n) is 7.49. The molecule has 20 heavy (non-hydrogen) atoms. The minimum Gasteiger partial charge on any atom is -0.0802 e. The van der Waals surface area contributed by atoms with E-state index < -0.39 is 0 Å². The molecule has 0 radical (unpaired) electrons. The molecule has 0 spiro atoms. The molecule has 0 heterocycles. The van der Waals surface area contributed by atoms with Crippen LogP contribution in [0.25, 0.3) is 11.1 Å². The molecule has 2 atom stereocenters. The average Bonchev–Trinajstić information content (AvgIpc) is 3.02. The van der Waals surface area contributed by atoms with E-state index in [1.165, 1.54) is 28.7 Å². The van der Waals surface area contributed by atoms with E-state index in [1.807, 2.05) is 0 Å². The molecule has 0 aliphatic heterocycles. The highest BCUT2D eigenvalue weighted by atomic mass is 14.4. The Kier molecular flexibility index (Phi) is 1.99. The average molecular weight is 256 g/mol. The van der Waals surface area contributed by atoms with Crippen LogP contribution in [-0.2, 0) is 12.8 Å². The van der Waals surface area contributed by atoms with Gasteiger partial charge in [-0.25, -0.2) is 0 Å². The molecule has 0 saturated heterocycles. The monoisotopic (exact) mass is 256 g/mol. The lowest BCUT2D eigenvalue weighted by molar-refractivity contribution is 0.630. The van der Waals surface area contributed by atoms with Crippen molar-refractivity contribution < 1.29 is 0 Å². The van der Waals surface area contributed by atoms with Crippen molar-refractivity contribution in [2.45, 2.75) is 18.8 Å². The fraction of sp³-hybridized carbons (Fsp3) is 0.200. The number of allylic oxidation sites excluding steroid dienone is 4. The maximum atomic E-state index is 2.48. The van der Waals surface area contributed by atoms with E-state index in [2.05, 4.69) is 60.7 Å². The summed E-state index contributed by atoms with van der Waals surface area (Å²) in [7, 11) is 0.